The van der Waals surface area contributed by atoms with Gasteiger partial charge in [0.25, 0.3) is 0 Å². The Morgan fingerprint density at radius 1 is 1.16 bits per heavy atom. The number of aromatic nitrogens is 6. The number of hydrogen-bond donors (Lipinski definition) is 1. The van der Waals surface area contributed by atoms with Crippen LogP contribution in [0.2, 0.25) is 0 Å². The van der Waals surface area contributed by atoms with E-state index in [1.165, 1.54) is 11.8 Å². The van der Waals surface area contributed by atoms with Crippen LogP contribution in [0.15, 0.2) is 52.2 Å². The van der Waals surface area contributed by atoms with Crippen LogP contribution in [-0.2, 0) is 6.54 Å². The number of methoxy groups -OCH3 is 1. The summed E-state index contributed by atoms with van der Waals surface area (Å²) in [5, 5.41) is 9.48. The second kappa shape index (κ2) is 9.27. The lowest BCUT2D eigenvalue weighted by Crippen LogP contribution is -2.16. The molecule has 0 saturated carbocycles. The topological polar surface area (TPSA) is 121 Å². The number of rotatable bonds is 8. The van der Waals surface area contributed by atoms with E-state index in [9.17, 15) is 0 Å². The number of nitrogens with two attached hydrogens (primary N) is 1. The van der Waals surface area contributed by atoms with Crippen LogP contribution >= 0.6 is 11.8 Å². The molecule has 3 aromatic heterocycles. The van der Waals surface area contributed by atoms with E-state index in [4.69, 9.17) is 14.9 Å². The average Bonchev–Trinajstić information content (AvgIpc) is 3.44. The Kier molecular flexibility index (Phi) is 6.26. The van der Waals surface area contributed by atoms with Gasteiger partial charge in [0.15, 0.2) is 11.0 Å². The molecule has 32 heavy (non-hydrogen) atoms. The van der Waals surface area contributed by atoms with Crippen molar-refractivity contribution in [3.63, 3.8) is 0 Å². The average molecular weight is 453 g/mol. The summed E-state index contributed by atoms with van der Waals surface area (Å²) in [5.74, 6) is 3.51. The van der Waals surface area contributed by atoms with Crippen molar-refractivity contribution in [3.05, 3.63) is 54.2 Å². The molecule has 0 saturated heterocycles. The number of furan rings is 1. The molecule has 1 atom stereocenters. The number of anilines is 2. The van der Waals surface area contributed by atoms with E-state index >= 15 is 0 Å². The molecule has 2 N–H and O–H groups in total. The molecule has 0 aliphatic carbocycles. The molecule has 0 spiro atoms. The summed E-state index contributed by atoms with van der Waals surface area (Å²) in [6.07, 6.45) is 1.65. The highest BCUT2D eigenvalue weighted by molar-refractivity contribution is 7.99. The Morgan fingerprint density at radius 2 is 2.00 bits per heavy atom. The molecular formula is C21H24N8O2S. The van der Waals surface area contributed by atoms with Gasteiger partial charge in [0, 0.05) is 19.7 Å². The van der Waals surface area contributed by atoms with Gasteiger partial charge in [-0.05, 0) is 31.2 Å². The van der Waals surface area contributed by atoms with Crippen LogP contribution < -0.4 is 15.4 Å². The van der Waals surface area contributed by atoms with Gasteiger partial charge >= 0.3 is 0 Å². The zero-order valence-electron chi connectivity index (χ0n) is 18.3. The summed E-state index contributed by atoms with van der Waals surface area (Å²) in [5.41, 5.74) is 6.79. The molecule has 10 nitrogen and oxygen atoms in total. The van der Waals surface area contributed by atoms with Crippen LogP contribution in [-0.4, -0.2) is 50.9 Å². The predicted molar refractivity (Wildman–Crippen MR) is 123 cm³/mol. The van der Waals surface area contributed by atoms with E-state index in [-0.39, 0.29) is 11.2 Å². The van der Waals surface area contributed by atoms with E-state index in [2.05, 4.69) is 25.1 Å². The highest BCUT2D eigenvalue weighted by Gasteiger charge is 2.21. The van der Waals surface area contributed by atoms with Crippen molar-refractivity contribution < 1.29 is 9.15 Å². The fourth-order valence-corrected chi connectivity index (χ4v) is 3.94. The quantitative estimate of drug-likeness (QED) is 0.399. The summed E-state index contributed by atoms with van der Waals surface area (Å²) >= 11 is 1.49. The first-order valence-electron chi connectivity index (χ1n) is 9.90. The van der Waals surface area contributed by atoms with Crippen LogP contribution in [0.5, 0.6) is 5.75 Å². The third-order valence-electron chi connectivity index (χ3n) is 4.64. The van der Waals surface area contributed by atoms with Gasteiger partial charge in [0.2, 0.25) is 11.9 Å². The van der Waals surface area contributed by atoms with Crippen molar-refractivity contribution >= 4 is 23.7 Å². The molecule has 4 rings (SSSR count). The summed E-state index contributed by atoms with van der Waals surface area (Å²) in [6.45, 7) is 2.47. The Labute approximate surface area is 189 Å². The van der Waals surface area contributed by atoms with Crippen LogP contribution in [0.4, 0.5) is 11.9 Å². The third kappa shape index (κ3) is 4.67. The highest BCUT2D eigenvalue weighted by atomic mass is 32.2. The lowest BCUT2D eigenvalue weighted by molar-refractivity contribution is 0.415. The molecular weight excluding hydrogens is 428 g/mol. The summed E-state index contributed by atoms with van der Waals surface area (Å²) in [6, 6.07) is 11.5. The number of benzene rings is 1. The number of nitrogen functional groups attached to an aromatic ring is 1. The van der Waals surface area contributed by atoms with Gasteiger partial charge in [0.05, 0.1) is 25.2 Å². The lowest BCUT2D eigenvalue weighted by atomic mass is 10.2. The van der Waals surface area contributed by atoms with Crippen molar-refractivity contribution in [2.24, 2.45) is 0 Å². The second-order valence-electron chi connectivity index (χ2n) is 7.21. The van der Waals surface area contributed by atoms with E-state index in [1.54, 1.807) is 18.3 Å². The van der Waals surface area contributed by atoms with E-state index < -0.39 is 0 Å². The minimum atomic E-state index is -0.142. The Hall–Kier alpha value is -3.60. The zero-order chi connectivity index (χ0) is 22.7. The molecule has 0 aliphatic heterocycles. The maximum atomic E-state index is 5.90. The maximum absolute atomic E-state index is 5.90. The predicted octanol–water partition coefficient (Wildman–Crippen LogP) is 3.28. The largest absolute Gasteiger partial charge is 0.497 e. The molecule has 4 aromatic rings. The smallest absolute Gasteiger partial charge is 0.229 e. The molecule has 0 aliphatic rings. The zero-order valence-corrected chi connectivity index (χ0v) is 19.1. The molecule has 0 unspecified atom stereocenters. The second-order valence-corrected chi connectivity index (χ2v) is 8.52. The van der Waals surface area contributed by atoms with Gasteiger partial charge < -0.3 is 19.8 Å². The van der Waals surface area contributed by atoms with Gasteiger partial charge in [0.1, 0.15) is 17.3 Å². The lowest BCUT2D eigenvalue weighted by Gasteiger charge is -2.15. The summed E-state index contributed by atoms with van der Waals surface area (Å²) in [7, 11) is 5.35. The van der Waals surface area contributed by atoms with E-state index in [1.807, 2.05) is 62.0 Å². The van der Waals surface area contributed by atoms with Gasteiger partial charge in [-0.2, -0.15) is 15.0 Å². The molecule has 3 heterocycles. The molecule has 166 valence electrons. The molecule has 11 heteroatoms. The Morgan fingerprint density at radius 3 is 2.72 bits per heavy atom. The van der Waals surface area contributed by atoms with E-state index in [0.717, 1.165) is 17.1 Å². The summed E-state index contributed by atoms with van der Waals surface area (Å²) in [4.78, 5) is 14.8. The minimum absolute atomic E-state index is 0.142. The van der Waals surface area contributed by atoms with Crippen LogP contribution in [0.3, 0.4) is 0 Å². The maximum Gasteiger partial charge on any atom is 0.229 e. The number of ether oxygens (including phenoxy) is 1. The first kappa shape index (κ1) is 21.6. The van der Waals surface area contributed by atoms with Crippen molar-refractivity contribution in [1.82, 2.24) is 29.7 Å². The first-order valence-corrected chi connectivity index (χ1v) is 10.8. The number of hydrogen-bond acceptors (Lipinski definition) is 10. The minimum Gasteiger partial charge on any atom is -0.497 e. The van der Waals surface area contributed by atoms with E-state index in [0.29, 0.717) is 29.3 Å². The van der Waals surface area contributed by atoms with Crippen molar-refractivity contribution in [3.8, 4) is 17.1 Å². The molecule has 0 amide bonds. The summed E-state index contributed by atoms with van der Waals surface area (Å²) < 4.78 is 13.0. The first-order chi connectivity index (χ1) is 15.4. The van der Waals surface area contributed by atoms with Crippen molar-refractivity contribution in [2.45, 2.75) is 23.9 Å². The normalized spacial score (nSPS) is 12.0. The van der Waals surface area contributed by atoms with Crippen molar-refractivity contribution in [1.29, 1.82) is 0 Å². The molecule has 0 bridgehead atoms. The number of thioether (sulfide) groups is 1. The number of nitrogens with zero attached hydrogens (tertiary/aromatic N) is 7. The molecule has 0 radical (unpaired) electrons. The fourth-order valence-electron chi connectivity index (χ4n) is 3.04. The van der Waals surface area contributed by atoms with Crippen LogP contribution in [0, 0.1) is 0 Å². The van der Waals surface area contributed by atoms with Gasteiger partial charge in [-0.1, -0.05) is 23.9 Å². The van der Waals surface area contributed by atoms with Gasteiger partial charge in [-0.3, -0.25) is 4.57 Å². The highest BCUT2D eigenvalue weighted by Crippen LogP contribution is 2.35. The molecule has 0 fully saturated rings. The monoisotopic (exact) mass is 452 g/mol. The van der Waals surface area contributed by atoms with Gasteiger partial charge in [-0.15, -0.1) is 10.2 Å². The SMILES string of the molecule is COc1cccc(-c2nnc(S[C@@H](C)c3nc(N)nc(N(C)C)n3)n2Cc2ccco2)c1. The standard InChI is InChI=1S/C21H24N8O2S/c1-13(17-23-19(22)25-20(24-17)28(2)3)32-21-27-26-18(14-7-5-8-15(11-14)30-4)29(21)12-16-9-6-10-31-16/h5-11,13H,12H2,1-4H3,(H2,22,23,24,25)/t13-/m0/s1. The Bertz CT molecular complexity index is 1190. The fraction of sp³-hybridized carbons (Fsp3) is 0.286. The van der Waals surface area contributed by atoms with Gasteiger partial charge in [-0.25, -0.2) is 0 Å². The van der Waals surface area contributed by atoms with Crippen LogP contribution in [0.1, 0.15) is 23.8 Å². The Balaban J connectivity index is 1.70. The molecule has 1 aromatic carbocycles. The van der Waals surface area contributed by atoms with Crippen molar-refractivity contribution in [2.75, 3.05) is 31.8 Å². The third-order valence-corrected chi connectivity index (χ3v) is 5.72. The van der Waals surface area contributed by atoms with Crippen LogP contribution in [0.25, 0.3) is 11.4 Å².